The van der Waals surface area contributed by atoms with Crippen LogP contribution in [0.15, 0.2) is 42.5 Å². The van der Waals surface area contributed by atoms with Crippen LogP contribution in [0, 0.1) is 5.82 Å². The maximum absolute atomic E-state index is 17.1. The largest absolute Gasteiger partial charge is 0.508 e. The van der Waals surface area contributed by atoms with Crippen molar-refractivity contribution in [1.29, 1.82) is 0 Å². The average molecular weight is 554 g/mol. The predicted molar refractivity (Wildman–Crippen MR) is 159 cm³/mol. The number of aromatic hydroxyl groups is 1. The molecule has 4 heterocycles. The molecule has 8 heteroatoms. The molecule has 0 unspecified atom stereocenters. The first kappa shape index (κ1) is 25.2. The summed E-state index contributed by atoms with van der Waals surface area (Å²) in [4.78, 5) is 14.3. The van der Waals surface area contributed by atoms with Crippen LogP contribution in [0.5, 0.6) is 11.8 Å². The summed E-state index contributed by atoms with van der Waals surface area (Å²) in [6.07, 6.45) is 6.58. The van der Waals surface area contributed by atoms with Crippen molar-refractivity contribution in [2.45, 2.75) is 62.6 Å². The molecule has 8 rings (SSSR count). The lowest BCUT2D eigenvalue weighted by atomic mass is 9.90. The molecule has 0 spiro atoms. The number of nitrogens with zero attached hydrogens (tertiary/aromatic N) is 4. The number of aromatic nitrogens is 2. The fourth-order valence-electron chi connectivity index (χ4n) is 7.34. The van der Waals surface area contributed by atoms with E-state index in [0.29, 0.717) is 41.4 Å². The second-order valence-electron chi connectivity index (χ2n) is 12.5. The Morgan fingerprint density at radius 1 is 1.00 bits per heavy atom. The molecule has 2 N–H and O–H groups in total. The third-order valence-corrected chi connectivity index (χ3v) is 9.65. The first-order valence-corrected chi connectivity index (χ1v) is 15.1. The number of nitrogens with one attached hydrogen (secondary N) is 1. The Labute approximate surface area is 239 Å². The molecule has 4 fully saturated rings. The zero-order valence-corrected chi connectivity index (χ0v) is 23.4. The summed E-state index contributed by atoms with van der Waals surface area (Å²) >= 11 is 0. The van der Waals surface area contributed by atoms with Crippen molar-refractivity contribution >= 4 is 27.5 Å². The van der Waals surface area contributed by atoms with Crippen LogP contribution in [0.25, 0.3) is 32.8 Å². The molecule has 41 heavy (non-hydrogen) atoms. The van der Waals surface area contributed by atoms with Gasteiger partial charge in [-0.05, 0) is 98.1 Å². The first-order chi connectivity index (χ1) is 20.0. The van der Waals surface area contributed by atoms with Crippen molar-refractivity contribution in [3.8, 4) is 22.9 Å². The Morgan fingerprint density at radius 3 is 2.56 bits per heavy atom. The van der Waals surface area contributed by atoms with Gasteiger partial charge in [0.2, 0.25) is 0 Å². The van der Waals surface area contributed by atoms with Crippen LogP contribution in [-0.2, 0) is 0 Å². The minimum atomic E-state index is -0.357. The summed E-state index contributed by atoms with van der Waals surface area (Å²) in [5, 5.41) is 16.9. The minimum absolute atomic E-state index is 0.129. The molecular weight excluding hydrogens is 517 g/mol. The number of anilines is 1. The van der Waals surface area contributed by atoms with E-state index in [0.717, 1.165) is 85.7 Å². The number of likely N-dealkylation sites (tertiary alicyclic amines) is 1. The third-order valence-electron chi connectivity index (χ3n) is 9.65. The van der Waals surface area contributed by atoms with Crippen LogP contribution in [-0.4, -0.2) is 71.4 Å². The normalized spacial score (nSPS) is 24.5. The number of phenols is 1. The van der Waals surface area contributed by atoms with Crippen LogP contribution in [0.3, 0.4) is 0 Å². The molecule has 7 nitrogen and oxygen atoms in total. The van der Waals surface area contributed by atoms with Gasteiger partial charge in [0.25, 0.3) is 0 Å². The van der Waals surface area contributed by atoms with E-state index in [9.17, 15) is 5.11 Å². The quantitative estimate of drug-likeness (QED) is 0.323. The Balaban J connectivity index is 1.32. The number of piperazine rings is 1. The summed E-state index contributed by atoms with van der Waals surface area (Å²) in [6.45, 7) is 3.22. The van der Waals surface area contributed by atoms with E-state index in [-0.39, 0.29) is 23.5 Å². The van der Waals surface area contributed by atoms with Crippen molar-refractivity contribution < 1.29 is 14.2 Å². The number of halogens is 1. The summed E-state index contributed by atoms with van der Waals surface area (Å²) in [7, 11) is 2.12. The fraction of sp³-hybridized carbons (Fsp3) is 0.455. The molecule has 2 bridgehead atoms. The van der Waals surface area contributed by atoms with E-state index in [1.807, 2.05) is 24.3 Å². The predicted octanol–water partition coefficient (Wildman–Crippen LogP) is 5.59. The van der Waals surface area contributed by atoms with Gasteiger partial charge in [0.15, 0.2) is 5.82 Å². The minimum Gasteiger partial charge on any atom is -0.508 e. The third kappa shape index (κ3) is 4.48. The van der Waals surface area contributed by atoms with Gasteiger partial charge < -0.3 is 25.0 Å². The van der Waals surface area contributed by atoms with Gasteiger partial charge in [-0.3, -0.25) is 0 Å². The van der Waals surface area contributed by atoms with Gasteiger partial charge in [-0.25, -0.2) is 4.39 Å². The highest BCUT2D eigenvalue weighted by atomic mass is 19.1. The van der Waals surface area contributed by atoms with E-state index < -0.39 is 0 Å². The van der Waals surface area contributed by atoms with Gasteiger partial charge in [-0.2, -0.15) is 9.97 Å². The number of likely N-dealkylation sites (N-methyl/N-ethyl adjacent to an activating group) is 1. The molecule has 0 radical (unpaired) electrons. The second kappa shape index (κ2) is 9.81. The Hall–Kier alpha value is -3.49. The number of phenolic OH excluding ortho intramolecular Hbond substituents is 1. The summed E-state index contributed by atoms with van der Waals surface area (Å²) < 4.78 is 23.3. The van der Waals surface area contributed by atoms with Crippen molar-refractivity contribution in [1.82, 2.24) is 20.2 Å². The molecule has 1 aliphatic carbocycles. The number of ether oxygens (including phenoxy) is 1. The highest BCUT2D eigenvalue weighted by Crippen LogP contribution is 2.49. The lowest BCUT2D eigenvalue weighted by Gasteiger charge is -2.34. The number of rotatable bonds is 6. The molecule has 212 valence electrons. The lowest BCUT2D eigenvalue weighted by Crippen LogP contribution is -2.51. The molecule has 3 aromatic carbocycles. The van der Waals surface area contributed by atoms with E-state index >= 15 is 4.39 Å². The van der Waals surface area contributed by atoms with E-state index in [1.165, 1.54) is 0 Å². The van der Waals surface area contributed by atoms with Crippen LogP contribution in [0.2, 0.25) is 0 Å². The average Bonchev–Trinajstić information content (AvgIpc) is 3.66. The fourth-order valence-corrected chi connectivity index (χ4v) is 7.34. The topological polar surface area (TPSA) is 73.8 Å². The zero-order valence-electron chi connectivity index (χ0n) is 23.4. The van der Waals surface area contributed by atoms with Gasteiger partial charge in [-0.15, -0.1) is 0 Å². The Morgan fingerprint density at radius 2 is 1.80 bits per heavy atom. The van der Waals surface area contributed by atoms with Crippen molar-refractivity contribution in [2.24, 2.45) is 0 Å². The number of fused-ring (bicyclic) bond motifs is 4. The monoisotopic (exact) mass is 553 g/mol. The maximum Gasteiger partial charge on any atom is 0.319 e. The maximum atomic E-state index is 17.1. The van der Waals surface area contributed by atoms with Crippen LogP contribution in [0.4, 0.5) is 10.2 Å². The molecule has 4 aromatic rings. The van der Waals surface area contributed by atoms with Crippen molar-refractivity contribution in [3.05, 3.63) is 53.8 Å². The van der Waals surface area contributed by atoms with E-state index in [2.05, 4.69) is 28.2 Å². The van der Waals surface area contributed by atoms with Crippen molar-refractivity contribution in [3.63, 3.8) is 0 Å². The molecule has 0 amide bonds. The standard InChI is InChI=1S/C33H36FN5O2/c1-38-12-4-6-23(38)18-41-33-36-31-28(32(37-33)39-16-21-10-11-22(17-39)35-21)15-26(19-8-9-19)29(30(31)34)27-14-24(40)13-20-5-2-3-7-25(20)27/h2-3,5,7,13-15,19,21-23,35,40H,4,6,8-12,16-18H2,1H3/t21-,22+,23-/m0/s1. The summed E-state index contributed by atoms with van der Waals surface area (Å²) in [6, 6.07) is 14.8. The highest BCUT2D eigenvalue weighted by molar-refractivity contribution is 6.02. The van der Waals surface area contributed by atoms with Gasteiger partial charge >= 0.3 is 6.01 Å². The summed E-state index contributed by atoms with van der Waals surface area (Å²) in [5.74, 6) is 0.830. The van der Waals surface area contributed by atoms with Gasteiger partial charge in [-0.1, -0.05) is 24.3 Å². The molecule has 4 aliphatic rings. The molecule has 1 saturated carbocycles. The molecular formula is C33H36FN5O2. The van der Waals surface area contributed by atoms with E-state index in [4.69, 9.17) is 14.7 Å². The van der Waals surface area contributed by atoms with Crippen LogP contribution in [0.1, 0.15) is 50.0 Å². The van der Waals surface area contributed by atoms with Crippen LogP contribution < -0.4 is 15.0 Å². The summed E-state index contributed by atoms with van der Waals surface area (Å²) in [5.41, 5.74) is 2.52. The zero-order chi connectivity index (χ0) is 27.7. The highest BCUT2D eigenvalue weighted by Gasteiger charge is 2.36. The van der Waals surface area contributed by atoms with Gasteiger partial charge in [0.1, 0.15) is 23.7 Å². The lowest BCUT2D eigenvalue weighted by molar-refractivity contribution is 0.188. The second-order valence-corrected chi connectivity index (χ2v) is 12.5. The Kier molecular flexibility index (Phi) is 6.04. The number of hydrogen-bond acceptors (Lipinski definition) is 7. The Bertz CT molecular complexity index is 1640. The smallest absolute Gasteiger partial charge is 0.319 e. The van der Waals surface area contributed by atoms with Gasteiger partial charge in [0, 0.05) is 42.2 Å². The van der Waals surface area contributed by atoms with Crippen molar-refractivity contribution in [2.75, 3.05) is 38.2 Å². The molecule has 3 aliphatic heterocycles. The molecule has 3 saturated heterocycles. The molecule has 3 atom stereocenters. The number of benzene rings is 3. The van der Waals surface area contributed by atoms with Gasteiger partial charge in [0.05, 0.1) is 0 Å². The SMILES string of the molecule is CN1CCC[C@H]1COc1nc(N2C[C@H]3CC[C@@H](C2)N3)c2cc(C3CC3)c(-c3cc(O)cc4ccccc34)c(F)c2n1. The molecule has 1 aromatic heterocycles. The first-order valence-electron chi connectivity index (χ1n) is 15.1. The van der Waals surface area contributed by atoms with Crippen LogP contribution >= 0.6 is 0 Å². The number of hydrogen-bond donors (Lipinski definition) is 2. The van der Waals surface area contributed by atoms with E-state index in [1.54, 1.807) is 12.1 Å².